The van der Waals surface area contributed by atoms with Gasteiger partial charge in [-0.1, -0.05) is 12.1 Å². The number of carboxylic acid groups (broad SMARTS) is 2. The second-order valence-electron chi connectivity index (χ2n) is 3.80. The van der Waals surface area contributed by atoms with Gasteiger partial charge in [0.1, 0.15) is 5.75 Å². The molecule has 0 radical (unpaired) electrons. The number of methoxy groups -OCH3 is 1. The first-order chi connectivity index (χ1) is 8.93. The minimum absolute atomic E-state index is 0.0624. The Morgan fingerprint density at radius 2 is 1.74 bits per heavy atom. The van der Waals surface area contributed by atoms with Gasteiger partial charge < -0.3 is 14.9 Å². The summed E-state index contributed by atoms with van der Waals surface area (Å²) in [7, 11) is 1.53. The number of hydrogen-bond acceptors (Lipinski definition) is 3. The van der Waals surface area contributed by atoms with Crippen LogP contribution in [0.5, 0.6) is 5.75 Å². The maximum absolute atomic E-state index is 11.1. The summed E-state index contributed by atoms with van der Waals surface area (Å²) in [6.07, 6.45) is 2.28. The topological polar surface area (TPSA) is 83.8 Å². The van der Waals surface area contributed by atoms with Crippen molar-refractivity contribution in [3.8, 4) is 5.75 Å². The summed E-state index contributed by atoms with van der Waals surface area (Å²) < 4.78 is 5.00. The number of benzene rings is 1. The van der Waals surface area contributed by atoms with Crippen molar-refractivity contribution >= 4 is 18.0 Å². The first-order valence-electron chi connectivity index (χ1n) is 5.44. The van der Waals surface area contributed by atoms with Crippen molar-refractivity contribution < 1.29 is 24.5 Å². The Morgan fingerprint density at radius 3 is 2.16 bits per heavy atom. The van der Waals surface area contributed by atoms with Gasteiger partial charge in [0.2, 0.25) is 0 Å². The third kappa shape index (κ3) is 4.31. The van der Waals surface area contributed by atoms with Crippen molar-refractivity contribution in [2.75, 3.05) is 7.11 Å². The van der Waals surface area contributed by atoms with Crippen LogP contribution in [0.25, 0.3) is 6.08 Å². The summed E-state index contributed by atoms with van der Waals surface area (Å²) in [6.45, 7) is 1.44. The highest BCUT2D eigenvalue weighted by molar-refractivity contribution is 5.99. The average Bonchev–Trinajstić information content (AvgIpc) is 2.35. The molecule has 5 nitrogen and oxygen atoms in total. The zero-order valence-corrected chi connectivity index (χ0v) is 10.6. The lowest BCUT2D eigenvalue weighted by Crippen LogP contribution is -2.03. The quantitative estimate of drug-likeness (QED) is 0.627. The van der Waals surface area contributed by atoms with Crippen LogP contribution in [0, 0.1) is 0 Å². The molecule has 0 saturated carbocycles. The molecule has 0 unspecified atom stereocenters. The predicted molar refractivity (Wildman–Crippen MR) is 70.0 cm³/mol. The van der Waals surface area contributed by atoms with E-state index in [4.69, 9.17) is 14.9 Å². The molecule has 0 heterocycles. The Labute approximate surface area is 110 Å². The van der Waals surface area contributed by atoms with E-state index in [0.29, 0.717) is 11.3 Å². The number of aliphatic carboxylic acids is 2. The Balaban J connectivity index is 3.14. The summed E-state index contributed by atoms with van der Waals surface area (Å²) >= 11 is 0. The van der Waals surface area contributed by atoms with Crippen LogP contribution < -0.4 is 4.74 Å². The molecule has 0 amide bonds. The van der Waals surface area contributed by atoms with E-state index in [0.717, 1.165) is 6.08 Å². The predicted octanol–water partition coefficient (Wildman–Crippen LogP) is 2.19. The maximum Gasteiger partial charge on any atom is 0.335 e. The van der Waals surface area contributed by atoms with Gasteiger partial charge in [0.25, 0.3) is 0 Å². The van der Waals surface area contributed by atoms with Crippen molar-refractivity contribution in [1.29, 1.82) is 0 Å². The minimum atomic E-state index is -1.18. The van der Waals surface area contributed by atoms with Crippen molar-refractivity contribution in [2.24, 2.45) is 0 Å². The van der Waals surface area contributed by atoms with Crippen LogP contribution in [0.4, 0.5) is 0 Å². The van der Waals surface area contributed by atoms with Crippen LogP contribution in [0.15, 0.2) is 41.5 Å². The third-order valence-electron chi connectivity index (χ3n) is 2.42. The fourth-order valence-electron chi connectivity index (χ4n) is 1.47. The van der Waals surface area contributed by atoms with Crippen molar-refractivity contribution in [1.82, 2.24) is 0 Å². The zero-order valence-electron chi connectivity index (χ0n) is 10.6. The molecular formula is C14H14O5. The Kier molecular flexibility index (Phi) is 4.88. The number of hydrogen-bond donors (Lipinski definition) is 2. The fraction of sp³-hybridized carbons (Fsp3) is 0.143. The highest BCUT2D eigenvalue weighted by Gasteiger charge is 2.11. The molecule has 1 aromatic carbocycles. The number of ether oxygens (including phenoxy) is 1. The maximum atomic E-state index is 11.1. The summed E-state index contributed by atoms with van der Waals surface area (Å²) in [5.74, 6) is -1.70. The van der Waals surface area contributed by atoms with Crippen LogP contribution in [0.1, 0.15) is 12.5 Å². The van der Waals surface area contributed by atoms with Crippen LogP contribution in [0.3, 0.4) is 0 Å². The highest BCUT2D eigenvalue weighted by Crippen LogP contribution is 2.17. The molecule has 0 aliphatic heterocycles. The van der Waals surface area contributed by atoms with Gasteiger partial charge in [-0.3, -0.25) is 0 Å². The molecule has 0 spiro atoms. The average molecular weight is 262 g/mol. The van der Waals surface area contributed by atoms with Gasteiger partial charge in [0.15, 0.2) is 0 Å². The lowest BCUT2D eigenvalue weighted by Gasteiger charge is -2.03. The smallest absolute Gasteiger partial charge is 0.335 e. The van der Waals surface area contributed by atoms with Gasteiger partial charge in [-0.2, -0.15) is 0 Å². The molecule has 5 heteroatoms. The molecule has 2 N–H and O–H groups in total. The largest absolute Gasteiger partial charge is 0.497 e. The van der Waals surface area contributed by atoms with E-state index in [9.17, 15) is 9.59 Å². The van der Waals surface area contributed by atoms with Crippen molar-refractivity contribution in [2.45, 2.75) is 6.92 Å². The SMILES string of the molecule is COc1ccc(/C=C(C(=O)O)/C(C)=C\C(=O)O)cc1. The molecule has 19 heavy (non-hydrogen) atoms. The third-order valence-corrected chi connectivity index (χ3v) is 2.42. The second kappa shape index (κ2) is 6.39. The molecule has 0 fully saturated rings. The summed E-state index contributed by atoms with van der Waals surface area (Å²) in [6, 6.07) is 6.77. The molecule has 1 aromatic rings. The number of rotatable bonds is 5. The van der Waals surface area contributed by atoms with E-state index >= 15 is 0 Å². The number of carbonyl (C=O) groups is 2. The Bertz CT molecular complexity index is 537. The van der Waals surface area contributed by atoms with Gasteiger partial charge in [0, 0.05) is 6.08 Å². The van der Waals surface area contributed by atoms with Crippen LogP contribution in [-0.2, 0) is 9.59 Å². The highest BCUT2D eigenvalue weighted by atomic mass is 16.5. The second-order valence-corrected chi connectivity index (χ2v) is 3.80. The molecule has 100 valence electrons. The Morgan fingerprint density at radius 1 is 1.16 bits per heavy atom. The van der Waals surface area contributed by atoms with E-state index < -0.39 is 11.9 Å². The van der Waals surface area contributed by atoms with E-state index in [2.05, 4.69) is 0 Å². The fourth-order valence-corrected chi connectivity index (χ4v) is 1.47. The first-order valence-corrected chi connectivity index (χ1v) is 5.44. The van der Waals surface area contributed by atoms with Crippen LogP contribution in [-0.4, -0.2) is 29.3 Å². The summed E-state index contributed by atoms with van der Waals surface area (Å²) in [5.41, 5.74) is 0.764. The molecule has 0 bridgehead atoms. The van der Waals surface area contributed by atoms with E-state index in [1.165, 1.54) is 20.1 Å². The lowest BCUT2D eigenvalue weighted by molar-refractivity contribution is -0.132. The molecule has 0 aliphatic carbocycles. The standard InChI is InChI=1S/C14H14O5/c1-9(7-13(15)16)12(14(17)18)8-10-3-5-11(19-2)6-4-10/h3-8H,1-2H3,(H,15,16)(H,17,18)/b9-7-,12-8-. The van der Waals surface area contributed by atoms with Gasteiger partial charge in [-0.15, -0.1) is 0 Å². The molecule has 0 atom stereocenters. The van der Waals surface area contributed by atoms with Gasteiger partial charge in [0.05, 0.1) is 12.7 Å². The Hall–Kier alpha value is -2.56. The normalized spacial score (nSPS) is 12.1. The van der Waals surface area contributed by atoms with E-state index in [-0.39, 0.29) is 11.1 Å². The lowest BCUT2D eigenvalue weighted by atomic mass is 10.0. The van der Waals surface area contributed by atoms with Gasteiger partial charge >= 0.3 is 11.9 Å². The van der Waals surface area contributed by atoms with E-state index in [1.54, 1.807) is 24.3 Å². The van der Waals surface area contributed by atoms with Crippen molar-refractivity contribution in [3.63, 3.8) is 0 Å². The summed E-state index contributed by atoms with van der Waals surface area (Å²) in [4.78, 5) is 21.7. The monoisotopic (exact) mass is 262 g/mol. The van der Waals surface area contributed by atoms with Gasteiger partial charge in [-0.05, 0) is 36.3 Å². The first kappa shape index (κ1) is 14.5. The number of carboxylic acids is 2. The summed E-state index contributed by atoms with van der Waals surface area (Å²) in [5, 5.41) is 17.7. The van der Waals surface area contributed by atoms with Crippen molar-refractivity contribution in [3.05, 3.63) is 47.1 Å². The molecule has 0 saturated heterocycles. The zero-order chi connectivity index (χ0) is 14.4. The molecule has 1 rings (SSSR count). The molecule has 0 aromatic heterocycles. The van der Waals surface area contributed by atoms with E-state index in [1.807, 2.05) is 0 Å². The molecule has 0 aliphatic rings. The minimum Gasteiger partial charge on any atom is -0.497 e. The molecular weight excluding hydrogens is 248 g/mol. The van der Waals surface area contributed by atoms with Crippen LogP contribution >= 0.6 is 0 Å². The van der Waals surface area contributed by atoms with Crippen LogP contribution in [0.2, 0.25) is 0 Å². The van der Waals surface area contributed by atoms with Gasteiger partial charge in [-0.25, -0.2) is 9.59 Å².